The predicted molar refractivity (Wildman–Crippen MR) is 99.2 cm³/mol. The second-order valence-electron chi connectivity index (χ2n) is 6.15. The summed E-state index contributed by atoms with van der Waals surface area (Å²) < 4.78 is 5.42. The van der Waals surface area contributed by atoms with Gasteiger partial charge in [0.05, 0.1) is 12.6 Å². The van der Waals surface area contributed by atoms with Crippen LogP contribution in [0.1, 0.15) is 27.4 Å². The Morgan fingerprint density at radius 3 is 2.37 bits per heavy atom. The lowest BCUT2D eigenvalue weighted by atomic mass is 10.1. The lowest BCUT2D eigenvalue weighted by molar-refractivity contribution is 0.0179. The number of hydrazine groups is 1. The van der Waals surface area contributed by atoms with Gasteiger partial charge in [-0.1, -0.05) is 18.2 Å². The highest BCUT2D eigenvalue weighted by atomic mass is 16.5. The van der Waals surface area contributed by atoms with Gasteiger partial charge >= 0.3 is 0 Å². The molecule has 7 nitrogen and oxygen atoms in total. The van der Waals surface area contributed by atoms with Gasteiger partial charge in [0.1, 0.15) is 17.1 Å². The monoisotopic (exact) mass is 362 g/mol. The van der Waals surface area contributed by atoms with E-state index < -0.39 is 0 Å². The molecule has 0 N–H and O–H groups in total. The van der Waals surface area contributed by atoms with Crippen molar-refractivity contribution < 1.29 is 14.3 Å². The number of benzene rings is 1. The summed E-state index contributed by atoms with van der Waals surface area (Å²) in [6.45, 7) is 0.917. The molecule has 3 aromatic rings. The molecule has 1 aliphatic rings. The number of hydrogen-bond donors (Lipinski definition) is 0. The molecular formula is C20H18N4O3. The summed E-state index contributed by atoms with van der Waals surface area (Å²) in [6, 6.07) is 14.2. The van der Waals surface area contributed by atoms with Crippen LogP contribution in [0.25, 0.3) is 10.9 Å². The maximum atomic E-state index is 13.1. The van der Waals surface area contributed by atoms with E-state index in [9.17, 15) is 9.59 Å². The number of aromatic nitrogens is 2. The van der Waals surface area contributed by atoms with Crippen LogP contribution in [0.3, 0.4) is 0 Å². The molecule has 7 heteroatoms. The molecule has 0 spiro atoms. The van der Waals surface area contributed by atoms with Gasteiger partial charge in [-0.05, 0) is 30.7 Å². The van der Waals surface area contributed by atoms with Crippen molar-refractivity contribution in [2.45, 2.75) is 6.42 Å². The van der Waals surface area contributed by atoms with Crippen molar-refractivity contribution in [2.24, 2.45) is 0 Å². The van der Waals surface area contributed by atoms with Gasteiger partial charge in [0.25, 0.3) is 11.8 Å². The molecule has 2 amide bonds. The molecule has 0 aliphatic carbocycles. The zero-order chi connectivity index (χ0) is 18.8. The number of carbonyl (C=O) groups excluding carboxylic acids is 2. The van der Waals surface area contributed by atoms with E-state index in [0.29, 0.717) is 36.5 Å². The fraction of sp³-hybridized carbons (Fsp3) is 0.200. The smallest absolute Gasteiger partial charge is 0.291 e. The number of rotatable bonds is 3. The van der Waals surface area contributed by atoms with Gasteiger partial charge in [-0.25, -0.2) is 15.0 Å². The van der Waals surface area contributed by atoms with Crippen LogP contribution < -0.4 is 4.74 Å². The highest BCUT2D eigenvalue weighted by Crippen LogP contribution is 2.26. The molecule has 1 fully saturated rings. The van der Waals surface area contributed by atoms with Crippen LogP contribution in [0.2, 0.25) is 0 Å². The van der Waals surface area contributed by atoms with Crippen molar-refractivity contribution in [1.29, 1.82) is 0 Å². The molecule has 136 valence electrons. The Bertz CT molecular complexity index is 1010. The average molecular weight is 362 g/mol. The molecular weight excluding hydrogens is 344 g/mol. The summed E-state index contributed by atoms with van der Waals surface area (Å²) in [4.78, 5) is 34.4. The van der Waals surface area contributed by atoms with Gasteiger partial charge in [0, 0.05) is 30.7 Å². The van der Waals surface area contributed by atoms with Gasteiger partial charge in [-0.3, -0.25) is 14.6 Å². The van der Waals surface area contributed by atoms with E-state index in [1.807, 2.05) is 24.3 Å². The first kappa shape index (κ1) is 17.0. The molecule has 0 saturated carbocycles. The van der Waals surface area contributed by atoms with Crippen molar-refractivity contribution in [3.8, 4) is 5.75 Å². The number of pyridine rings is 2. The normalized spacial score (nSPS) is 13.8. The Morgan fingerprint density at radius 1 is 0.963 bits per heavy atom. The Labute approximate surface area is 156 Å². The Hall–Kier alpha value is -3.48. The van der Waals surface area contributed by atoms with Crippen LogP contribution in [0.15, 0.2) is 54.7 Å². The number of methoxy groups -OCH3 is 1. The fourth-order valence-corrected chi connectivity index (χ4v) is 3.21. The number of para-hydroxylation sites is 1. The van der Waals surface area contributed by atoms with Gasteiger partial charge < -0.3 is 4.74 Å². The largest absolute Gasteiger partial charge is 0.496 e. The first-order valence-corrected chi connectivity index (χ1v) is 8.67. The molecule has 3 heterocycles. The highest BCUT2D eigenvalue weighted by molar-refractivity contribution is 6.00. The molecule has 1 saturated heterocycles. The molecule has 4 rings (SSSR count). The van der Waals surface area contributed by atoms with Crippen molar-refractivity contribution in [3.05, 3.63) is 66.1 Å². The number of fused-ring (bicyclic) bond motifs is 1. The minimum Gasteiger partial charge on any atom is -0.496 e. The van der Waals surface area contributed by atoms with Gasteiger partial charge in [0.2, 0.25) is 0 Å². The van der Waals surface area contributed by atoms with Crippen LogP contribution in [0.4, 0.5) is 0 Å². The number of hydrogen-bond acceptors (Lipinski definition) is 5. The first-order chi connectivity index (χ1) is 13.2. The third-order valence-electron chi connectivity index (χ3n) is 4.50. The van der Waals surface area contributed by atoms with Crippen LogP contribution in [-0.4, -0.2) is 52.0 Å². The minimum absolute atomic E-state index is 0.242. The maximum absolute atomic E-state index is 13.1. The van der Waals surface area contributed by atoms with E-state index in [1.54, 1.807) is 37.6 Å². The standard InChI is InChI=1S/C20H18N4O3/c1-27-18-13-17(22-15-8-3-2-7-14(15)18)20(26)24-12-6-11-23(24)19(25)16-9-4-5-10-21-16/h2-5,7-10,13H,6,11-12H2,1H3. The molecule has 0 radical (unpaired) electrons. The molecule has 1 aliphatic heterocycles. The second kappa shape index (κ2) is 7.03. The quantitative estimate of drug-likeness (QED) is 0.716. The van der Waals surface area contributed by atoms with Crippen LogP contribution >= 0.6 is 0 Å². The van der Waals surface area contributed by atoms with Crippen LogP contribution in [-0.2, 0) is 0 Å². The number of amides is 2. The summed E-state index contributed by atoms with van der Waals surface area (Å²) in [6.07, 6.45) is 2.26. The van der Waals surface area contributed by atoms with E-state index in [-0.39, 0.29) is 17.5 Å². The number of carbonyl (C=O) groups is 2. The third-order valence-corrected chi connectivity index (χ3v) is 4.50. The fourth-order valence-electron chi connectivity index (χ4n) is 3.21. The van der Waals surface area contributed by atoms with Crippen LogP contribution in [0, 0.1) is 0 Å². The molecule has 0 unspecified atom stereocenters. The molecule has 0 bridgehead atoms. The third kappa shape index (κ3) is 3.08. The van der Waals surface area contributed by atoms with E-state index in [4.69, 9.17) is 4.74 Å². The maximum Gasteiger partial charge on any atom is 0.291 e. The van der Waals surface area contributed by atoms with E-state index in [0.717, 1.165) is 5.39 Å². The van der Waals surface area contributed by atoms with Crippen LogP contribution in [0.5, 0.6) is 5.75 Å². The minimum atomic E-state index is -0.333. The summed E-state index contributed by atoms with van der Waals surface area (Å²) in [5.74, 6) is -0.0548. The molecule has 1 aromatic carbocycles. The molecule has 2 aromatic heterocycles. The van der Waals surface area contributed by atoms with Crippen molar-refractivity contribution in [2.75, 3.05) is 20.2 Å². The second-order valence-corrected chi connectivity index (χ2v) is 6.15. The van der Waals surface area contributed by atoms with Crippen molar-refractivity contribution >= 4 is 22.7 Å². The highest BCUT2D eigenvalue weighted by Gasteiger charge is 2.33. The average Bonchev–Trinajstić information content (AvgIpc) is 3.22. The van der Waals surface area contributed by atoms with Crippen molar-refractivity contribution in [1.82, 2.24) is 20.0 Å². The summed E-state index contributed by atoms with van der Waals surface area (Å²) in [5.41, 5.74) is 1.22. The van der Waals surface area contributed by atoms with Crippen molar-refractivity contribution in [3.63, 3.8) is 0 Å². The van der Waals surface area contributed by atoms with E-state index in [1.165, 1.54) is 10.0 Å². The Balaban J connectivity index is 1.67. The SMILES string of the molecule is COc1cc(C(=O)N2CCCN2C(=O)c2ccccn2)nc2ccccc12. The Morgan fingerprint density at radius 2 is 1.67 bits per heavy atom. The topological polar surface area (TPSA) is 75.6 Å². The number of nitrogens with zero attached hydrogens (tertiary/aromatic N) is 4. The predicted octanol–water partition coefficient (Wildman–Crippen LogP) is 2.54. The van der Waals surface area contributed by atoms with Gasteiger partial charge in [-0.15, -0.1) is 0 Å². The summed E-state index contributed by atoms with van der Waals surface area (Å²) in [7, 11) is 1.56. The zero-order valence-corrected chi connectivity index (χ0v) is 14.8. The molecule has 27 heavy (non-hydrogen) atoms. The number of ether oxygens (including phenoxy) is 1. The lowest BCUT2D eigenvalue weighted by Gasteiger charge is -2.27. The first-order valence-electron chi connectivity index (χ1n) is 8.67. The Kier molecular flexibility index (Phi) is 4.42. The molecule has 0 atom stereocenters. The van der Waals surface area contributed by atoms with E-state index in [2.05, 4.69) is 9.97 Å². The van der Waals surface area contributed by atoms with Gasteiger partial charge in [-0.2, -0.15) is 0 Å². The van der Waals surface area contributed by atoms with Gasteiger partial charge in [0.15, 0.2) is 0 Å². The summed E-state index contributed by atoms with van der Waals surface area (Å²) in [5, 5.41) is 3.71. The zero-order valence-electron chi connectivity index (χ0n) is 14.8. The summed E-state index contributed by atoms with van der Waals surface area (Å²) >= 11 is 0. The lowest BCUT2D eigenvalue weighted by Crippen LogP contribution is -2.45. The van der Waals surface area contributed by atoms with E-state index >= 15 is 0 Å².